The van der Waals surface area contributed by atoms with E-state index in [0.717, 1.165) is 23.7 Å². The molecule has 1 fully saturated rings. The summed E-state index contributed by atoms with van der Waals surface area (Å²) in [5, 5.41) is 4.67. The molecular formula is C19H28N2O. The van der Waals surface area contributed by atoms with E-state index in [2.05, 4.69) is 35.7 Å². The van der Waals surface area contributed by atoms with Crippen LogP contribution in [0.2, 0.25) is 0 Å². The van der Waals surface area contributed by atoms with E-state index in [4.69, 9.17) is 4.74 Å². The number of H-pyrrole nitrogens is 1. The normalized spacial score (nSPS) is 17.7. The Hall–Kier alpha value is -1.48. The van der Waals surface area contributed by atoms with Crippen molar-refractivity contribution in [3.63, 3.8) is 0 Å². The first-order valence-corrected chi connectivity index (χ1v) is 8.63. The van der Waals surface area contributed by atoms with Gasteiger partial charge in [-0.1, -0.05) is 31.4 Å². The number of ether oxygens (including phenoxy) is 1. The van der Waals surface area contributed by atoms with Crippen molar-refractivity contribution in [2.75, 3.05) is 20.7 Å². The van der Waals surface area contributed by atoms with E-state index in [1.165, 1.54) is 49.5 Å². The highest BCUT2D eigenvalue weighted by molar-refractivity contribution is 5.88. The molecule has 0 bridgehead atoms. The second-order valence-corrected chi connectivity index (χ2v) is 6.52. The van der Waals surface area contributed by atoms with E-state index in [1.807, 2.05) is 6.07 Å². The van der Waals surface area contributed by atoms with E-state index < -0.39 is 0 Å². The number of benzene rings is 1. The van der Waals surface area contributed by atoms with Gasteiger partial charge in [0.25, 0.3) is 0 Å². The summed E-state index contributed by atoms with van der Waals surface area (Å²) >= 11 is 0. The summed E-state index contributed by atoms with van der Waals surface area (Å²) in [6.07, 6.45) is 10.4. The van der Waals surface area contributed by atoms with Gasteiger partial charge in [-0.05, 0) is 56.3 Å². The Balaban J connectivity index is 1.96. The molecule has 1 unspecified atom stereocenters. The topological polar surface area (TPSA) is 37.0 Å². The number of fused-ring (bicyclic) bond motifs is 1. The first-order valence-electron chi connectivity index (χ1n) is 8.63. The molecule has 120 valence electrons. The molecule has 2 N–H and O–H groups in total. The first kappa shape index (κ1) is 15.4. The van der Waals surface area contributed by atoms with Gasteiger partial charge in [-0.25, -0.2) is 0 Å². The fraction of sp³-hybridized carbons (Fsp3) is 0.579. The maximum Gasteiger partial charge on any atom is 0.142 e. The molecule has 1 saturated carbocycles. The molecular weight excluding hydrogens is 272 g/mol. The summed E-state index contributed by atoms with van der Waals surface area (Å²) in [6.45, 7) is 1.08. The van der Waals surface area contributed by atoms with Crippen LogP contribution in [0.15, 0.2) is 24.4 Å². The van der Waals surface area contributed by atoms with Gasteiger partial charge in [0.1, 0.15) is 5.75 Å². The lowest BCUT2D eigenvalue weighted by atomic mass is 9.75. The monoisotopic (exact) mass is 300 g/mol. The summed E-state index contributed by atoms with van der Waals surface area (Å²) in [7, 11) is 3.80. The van der Waals surface area contributed by atoms with Crippen LogP contribution in [0, 0.1) is 5.92 Å². The van der Waals surface area contributed by atoms with Crippen molar-refractivity contribution >= 4 is 10.9 Å². The van der Waals surface area contributed by atoms with Crippen molar-refractivity contribution in [1.29, 1.82) is 0 Å². The minimum atomic E-state index is 0.647. The summed E-state index contributed by atoms with van der Waals surface area (Å²) in [5.41, 5.74) is 2.63. The quantitative estimate of drug-likeness (QED) is 0.827. The number of aromatic amines is 1. The number of rotatable bonds is 6. The number of hydrogen-bond donors (Lipinski definition) is 2. The van der Waals surface area contributed by atoms with Gasteiger partial charge in [-0.2, -0.15) is 0 Å². The molecule has 22 heavy (non-hydrogen) atoms. The Morgan fingerprint density at radius 2 is 2.09 bits per heavy atom. The summed E-state index contributed by atoms with van der Waals surface area (Å²) in [4.78, 5) is 3.46. The summed E-state index contributed by atoms with van der Waals surface area (Å²) in [6, 6.07) is 6.37. The fourth-order valence-corrected chi connectivity index (χ4v) is 4.11. The molecule has 0 aliphatic heterocycles. The van der Waals surface area contributed by atoms with Gasteiger partial charge >= 0.3 is 0 Å². The third-order valence-corrected chi connectivity index (χ3v) is 5.25. The Morgan fingerprint density at radius 3 is 2.82 bits per heavy atom. The first-order chi connectivity index (χ1) is 10.8. The molecule has 1 heterocycles. The van der Waals surface area contributed by atoms with Gasteiger partial charge in [0.15, 0.2) is 0 Å². The molecule has 2 aromatic rings. The second-order valence-electron chi connectivity index (χ2n) is 6.52. The molecule has 3 nitrogen and oxygen atoms in total. The van der Waals surface area contributed by atoms with Crippen LogP contribution in [0.4, 0.5) is 0 Å². The lowest BCUT2D eigenvalue weighted by molar-refractivity contribution is 0.294. The van der Waals surface area contributed by atoms with E-state index in [-0.39, 0.29) is 0 Å². The molecule has 0 spiro atoms. The summed E-state index contributed by atoms with van der Waals surface area (Å²) in [5.74, 6) is 2.42. The molecule has 1 atom stereocenters. The maximum absolute atomic E-state index is 5.50. The van der Waals surface area contributed by atoms with Gasteiger partial charge in [-0.3, -0.25) is 0 Å². The van der Waals surface area contributed by atoms with Crippen LogP contribution < -0.4 is 10.1 Å². The highest BCUT2D eigenvalue weighted by Crippen LogP contribution is 2.41. The van der Waals surface area contributed by atoms with E-state index >= 15 is 0 Å². The molecule has 0 saturated heterocycles. The van der Waals surface area contributed by atoms with E-state index in [0.29, 0.717) is 5.92 Å². The second kappa shape index (κ2) is 7.19. The van der Waals surface area contributed by atoms with E-state index in [1.54, 1.807) is 7.11 Å². The number of nitrogens with one attached hydrogen (secondary N) is 2. The van der Waals surface area contributed by atoms with Crippen LogP contribution in [-0.4, -0.2) is 25.7 Å². The third-order valence-electron chi connectivity index (χ3n) is 5.25. The van der Waals surface area contributed by atoms with E-state index in [9.17, 15) is 0 Å². The molecule has 0 amide bonds. The largest absolute Gasteiger partial charge is 0.495 e. The lowest BCUT2D eigenvalue weighted by Gasteiger charge is -2.30. The zero-order chi connectivity index (χ0) is 15.4. The molecule has 3 rings (SSSR count). The van der Waals surface area contributed by atoms with Gasteiger partial charge in [0, 0.05) is 11.6 Å². The van der Waals surface area contributed by atoms with Crippen LogP contribution >= 0.6 is 0 Å². The smallest absolute Gasteiger partial charge is 0.142 e. The number of para-hydroxylation sites is 1. The minimum Gasteiger partial charge on any atom is -0.495 e. The Kier molecular flexibility index (Phi) is 5.04. The standard InChI is InChI=1S/C19H28N2O/c1-20-12-11-15(14-7-4-3-5-8-14)17-13-21-19-16(17)9-6-10-18(19)22-2/h6,9-10,13-15,20-21H,3-5,7-8,11-12H2,1-2H3. The van der Waals surface area contributed by atoms with Crippen LogP contribution in [0.3, 0.4) is 0 Å². The van der Waals surface area contributed by atoms with Crippen LogP contribution in [-0.2, 0) is 0 Å². The van der Waals surface area contributed by atoms with Gasteiger partial charge < -0.3 is 15.0 Å². The Morgan fingerprint density at radius 1 is 1.27 bits per heavy atom. The van der Waals surface area contributed by atoms with Crippen molar-refractivity contribution in [1.82, 2.24) is 10.3 Å². The third kappa shape index (κ3) is 3.00. The number of methoxy groups -OCH3 is 1. The minimum absolute atomic E-state index is 0.647. The highest BCUT2D eigenvalue weighted by atomic mass is 16.5. The van der Waals surface area contributed by atoms with Gasteiger partial charge in [-0.15, -0.1) is 0 Å². The Labute approximate surface area is 133 Å². The number of aromatic nitrogens is 1. The lowest BCUT2D eigenvalue weighted by Crippen LogP contribution is -2.20. The van der Waals surface area contributed by atoms with Crippen LogP contribution in [0.1, 0.15) is 50.0 Å². The van der Waals surface area contributed by atoms with Crippen molar-refractivity contribution in [3.05, 3.63) is 30.0 Å². The fourth-order valence-electron chi connectivity index (χ4n) is 4.11. The predicted octanol–water partition coefficient (Wildman–Crippen LogP) is 4.45. The molecule has 1 aliphatic carbocycles. The zero-order valence-corrected chi connectivity index (χ0v) is 13.8. The zero-order valence-electron chi connectivity index (χ0n) is 13.8. The molecule has 1 aliphatic rings. The maximum atomic E-state index is 5.50. The average Bonchev–Trinajstić information content (AvgIpc) is 3.00. The summed E-state index contributed by atoms with van der Waals surface area (Å²) < 4.78 is 5.50. The molecule has 1 aromatic heterocycles. The molecule has 3 heteroatoms. The van der Waals surface area contributed by atoms with Crippen molar-refractivity contribution < 1.29 is 4.74 Å². The molecule has 1 aromatic carbocycles. The highest BCUT2D eigenvalue weighted by Gasteiger charge is 2.27. The van der Waals surface area contributed by atoms with Crippen molar-refractivity contribution in [3.8, 4) is 5.75 Å². The Bertz CT molecular complexity index is 599. The van der Waals surface area contributed by atoms with Crippen LogP contribution in [0.5, 0.6) is 5.75 Å². The van der Waals surface area contributed by atoms with Crippen LogP contribution in [0.25, 0.3) is 10.9 Å². The van der Waals surface area contributed by atoms with Gasteiger partial charge in [0.05, 0.1) is 12.6 Å². The van der Waals surface area contributed by atoms with Crippen molar-refractivity contribution in [2.24, 2.45) is 5.92 Å². The van der Waals surface area contributed by atoms with Crippen molar-refractivity contribution in [2.45, 2.75) is 44.4 Å². The average molecular weight is 300 g/mol. The predicted molar refractivity (Wildman–Crippen MR) is 92.7 cm³/mol. The SMILES string of the molecule is CNCCC(c1c[nH]c2c(OC)cccc12)C1CCCCC1. The molecule has 0 radical (unpaired) electrons. The van der Waals surface area contributed by atoms with Gasteiger partial charge in [0.2, 0.25) is 0 Å². The number of hydrogen-bond acceptors (Lipinski definition) is 2.